The Morgan fingerprint density at radius 1 is 0.500 bits per heavy atom. The summed E-state index contributed by atoms with van der Waals surface area (Å²) in [4.78, 5) is 2.49. The molecule has 2 atom stereocenters. The molecule has 0 bridgehead atoms. The average molecular weight is 687 g/mol. The van der Waals surface area contributed by atoms with Gasteiger partial charge in [-0.05, 0) is 104 Å². The van der Waals surface area contributed by atoms with Gasteiger partial charge in [-0.1, -0.05) is 140 Å². The number of para-hydroxylation sites is 1. The second-order valence-corrected chi connectivity index (χ2v) is 14.9. The van der Waals surface area contributed by atoms with E-state index in [0.717, 1.165) is 5.69 Å². The highest BCUT2D eigenvalue weighted by Gasteiger charge is 2.39. The van der Waals surface area contributed by atoms with Crippen LogP contribution in [0.15, 0.2) is 194 Å². The molecule has 2 heteroatoms. The van der Waals surface area contributed by atoms with E-state index in [1.165, 1.54) is 93.8 Å². The molecule has 0 aliphatic heterocycles. The van der Waals surface area contributed by atoms with Crippen molar-refractivity contribution in [3.05, 3.63) is 210 Å². The lowest BCUT2D eigenvalue weighted by molar-refractivity contribution is 0.666. The van der Waals surface area contributed by atoms with E-state index in [2.05, 4.69) is 204 Å². The first kappa shape index (κ1) is 29.7. The monoisotopic (exact) mass is 686 g/mol. The van der Waals surface area contributed by atoms with Crippen LogP contribution in [0.1, 0.15) is 22.6 Å². The van der Waals surface area contributed by atoms with E-state index in [-0.39, 0.29) is 5.92 Å². The highest BCUT2D eigenvalue weighted by Crippen LogP contribution is 2.56. The third-order valence-electron chi connectivity index (χ3n) is 12.1. The van der Waals surface area contributed by atoms with Crippen molar-refractivity contribution in [1.82, 2.24) is 4.57 Å². The van der Waals surface area contributed by atoms with Crippen molar-refractivity contribution >= 4 is 66.5 Å². The zero-order valence-electron chi connectivity index (χ0n) is 29.5. The van der Waals surface area contributed by atoms with Crippen molar-refractivity contribution in [1.29, 1.82) is 0 Å². The minimum absolute atomic E-state index is 0.282. The molecule has 2 unspecified atom stereocenters. The summed E-state index contributed by atoms with van der Waals surface area (Å²) in [6, 6.07) is 60.8. The van der Waals surface area contributed by atoms with Crippen LogP contribution in [-0.4, -0.2) is 4.57 Å². The molecule has 8 aromatic carbocycles. The van der Waals surface area contributed by atoms with Crippen LogP contribution < -0.4 is 4.90 Å². The van der Waals surface area contributed by atoms with Crippen LogP contribution in [0.5, 0.6) is 0 Å². The lowest BCUT2D eigenvalue weighted by Gasteiger charge is -2.32. The van der Waals surface area contributed by atoms with Crippen molar-refractivity contribution < 1.29 is 0 Å². The lowest BCUT2D eigenvalue weighted by atomic mass is 9.72. The molecule has 0 spiro atoms. The Balaban J connectivity index is 1.09. The quantitative estimate of drug-likeness (QED) is 0.179. The first-order chi connectivity index (χ1) is 26.8. The molecule has 9 aromatic rings. The summed E-state index contributed by atoms with van der Waals surface area (Å²) >= 11 is 0. The van der Waals surface area contributed by atoms with Gasteiger partial charge in [-0.25, -0.2) is 0 Å². The van der Waals surface area contributed by atoms with Gasteiger partial charge in [-0.2, -0.15) is 0 Å². The number of benzene rings is 8. The number of nitrogens with zero attached hydrogens (tertiary/aromatic N) is 2. The minimum Gasteiger partial charge on any atom is -0.310 e. The molecule has 0 saturated carbocycles. The summed E-state index contributed by atoms with van der Waals surface area (Å²) in [7, 11) is 0. The topological polar surface area (TPSA) is 8.17 Å². The molecule has 3 aliphatic rings. The predicted molar refractivity (Wildman–Crippen MR) is 228 cm³/mol. The first-order valence-corrected chi connectivity index (χ1v) is 18.9. The Hall–Kier alpha value is -6.90. The highest BCUT2D eigenvalue weighted by atomic mass is 15.1. The van der Waals surface area contributed by atoms with Gasteiger partial charge in [0.05, 0.1) is 16.7 Å². The van der Waals surface area contributed by atoms with Crippen LogP contribution in [0, 0.1) is 5.92 Å². The average Bonchev–Trinajstić information content (AvgIpc) is 3.74. The fraction of sp³-hybridized carbons (Fsp3) is 0.0385. The van der Waals surface area contributed by atoms with Gasteiger partial charge in [0.25, 0.3) is 0 Å². The molecule has 252 valence electrons. The van der Waals surface area contributed by atoms with Gasteiger partial charge in [0.15, 0.2) is 0 Å². The van der Waals surface area contributed by atoms with E-state index in [9.17, 15) is 0 Å². The number of aromatic nitrogens is 1. The Morgan fingerprint density at radius 3 is 2.20 bits per heavy atom. The summed E-state index contributed by atoms with van der Waals surface area (Å²) < 4.78 is 2.42. The normalized spacial score (nSPS) is 16.5. The Morgan fingerprint density at radius 2 is 1.26 bits per heavy atom. The van der Waals surface area contributed by atoms with Crippen molar-refractivity contribution in [3.63, 3.8) is 0 Å². The maximum atomic E-state index is 2.49. The summed E-state index contributed by atoms with van der Waals surface area (Å²) in [6.45, 7) is 0. The van der Waals surface area contributed by atoms with E-state index in [1.54, 1.807) is 0 Å². The van der Waals surface area contributed by atoms with Crippen LogP contribution in [0.4, 0.5) is 17.1 Å². The zero-order chi connectivity index (χ0) is 35.3. The van der Waals surface area contributed by atoms with Crippen molar-refractivity contribution in [3.8, 4) is 16.8 Å². The molecule has 0 radical (unpaired) electrons. The number of rotatable bonds is 4. The lowest BCUT2D eigenvalue weighted by Crippen LogP contribution is -2.18. The molecule has 54 heavy (non-hydrogen) atoms. The largest absolute Gasteiger partial charge is 0.310 e. The Labute approximate surface area is 313 Å². The fourth-order valence-electron chi connectivity index (χ4n) is 9.74. The Bertz CT molecular complexity index is 3130. The van der Waals surface area contributed by atoms with Crippen LogP contribution in [0.3, 0.4) is 0 Å². The number of allylic oxidation sites excluding steroid dienone is 5. The van der Waals surface area contributed by atoms with Crippen molar-refractivity contribution in [2.45, 2.75) is 5.92 Å². The molecule has 0 fully saturated rings. The smallest absolute Gasteiger partial charge is 0.0542 e. The minimum atomic E-state index is 0.282. The third-order valence-corrected chi connectivity index (χ3v) is 12.1. The second kappa shape index (κ2) is 11.3. The standard InChI is InChI=1S/C52H34N2/c1-2-13-35-30-38(24-23-33(35)11-1)54-49-21-8-7-19-44(49)46-31-40(26-28-50(46)54)53(48-22-10-15-34-12-3-5-17-41(34)48)39-25-27-43-45-20-9-16-37-29-36-14-4-6-18-42(36)52(51(37)45)47(43)32-39/h1-32,42,52H. The van der Waals surface area contributed by atoms with E-state index in [4.69, 9.17) is 0 Å². The maximum absolute atomic E-state index is 2.49. The molecule has 1 aromatic heterocycles. The predicted octanol–water partition coefficient (Wildman–Crippen LogP) is 13.8. The molecule has 0 saturated heterocycles. The third kappa shape index (κ3) is 4.22. The SMILES string of the molecule is C1=CC2=Cc3cccc4c3C(c3cc(N(c5ccc6c(c5)c5ccccc5n6-c5ccc6ccccc6c5)c5cccc6ccccc56)ccc3-4)C2C=C1. The van der Waals surface area contributed by atoms with Gasteiger partial charge in [0.2, 0.25) is 0 Å². The summed E-state index contributed by atoms with van der Waals surface area (Å²) in [5.41, 5.74) is 15.4. The van der Waals surface area contributed by atoms with E-state index in [0.29, 0.717) is 5.92 Å². The molecule has 1 heterocycles. The van der Waals surface area contributed by atoms with Gasteiger partial charge in [-0.15, -0.1) is 0 Å². The van der Waals surface area contributed by atoms with E-state index in [1.807, 2.05) is 0 Å². The van der Waals surface area contributed by atoms with Gasteiger partial charge in [-0.3, -0.25) is 0 Å². The molecule has 0 N–H and O–H groups in total. The van der Waals surface area contributed by atoms with Gasteiger partial charge < -0.3 is 9.47 Å². The fourth-order valence-corrected chi connectivity index (χ4v) is 9.74. The number of fused-ring (bicyclic) bond motifs is 10. The van der Waals surface area contributed by atoms with Crippen LogP contribution in [0.2, 0.25) is 0 Å². The van der Waals surface area contributed by atoms with Crippen LogP contribution >= 0.6 is 0 Å². The van der Waals surface area contributed by atoms with Gasteiger partial charge in [0, 0.05) is 45.1 Å². The van der Waals surface area contributed by atoms with Crippen LogP contribution in [-0.2, 0) is 0 Å². The first-order valence-electron chi connectivity index (χ1n) is 18.9. The summed E-state index contributed by atoms with van der Waals surface area (Å²) in [5, 5.41) is 7.43. The van der Waals surface area contributed by atoms with Crippen molar-refractivity contribution in [2.24, 2.45) is 5.92 Å². The van der Waals surface area contributed by atoms with E-state index >= 15 is 0 Å². The highest BCUT2D eigenvalue weighted by molar-refractivity contribution is 6.11. The molecule has 2 nitrogen and oxygen atoms in total. The summed E-state index contributed by atoms with van der Waals surface area (Å²) in [6.07, 6.45) is 11.5. The Kier molecular flexibility index (Phi) is 6.20. The van der Waals surface area contributed by atoms with Crippen molar-refractivity contribution in [2.75, 3.05) is 4.90 Å². The summed E-state index contributed by atoms with van der Waals surface area (Å²) in [5.74, 6) is 0.605. The molecule has 12 rings (SSSR count). The van der Waals surface area contributed by atoms with Gasteiger partial charge >= 0.3 is 0 Å². The van der Waals surface area contributed by atoms with Crippen LogP contribution in [0.25, 0.3) is 66.2 Å². The van der Waals surface area contributed by atoms with E-state index < -0.39 is 0 Å². The number of hydrogen-bond donors (Lipinski definition) is 0. The molecular weight excluding hydrogens is 653 g/mol. The van der Waals surface area contributed by atoms with Gasteiger partial charge in [0.1, 0.15) is 0 Å². The molecule has 0 amide bonds. The second-order valence-electron chi connectivity index (χ2n) is 14.9. The number of anilines is 3. The molecule has 3 aliphatic carbocycles. The number of hydrogen-bond acceptors (Lipinski definition) is 1. The molecular formula is C52H34N2. The maximum Gasteiger partial charge on any atom is 0.0542 e. The zero-order valence-corrected chi connectivity index (χ0v) is 29.5.